The minimum Gasteiger partial charge on any atom is -0.490 e. The fourth-order valence-corrected chi connectivity index (χ4v) is 5.29. The van der Waals surface area contributed by atoms with Gasteiger partial charge in [-0.05, 0) is 63.4 Å². The van der Waals surface area contributed by atoms with Crippen LogP contribution in [0.5, 0.6) is 5.75 Å². The van der Waals surface area contributed by atoms with Gasteiger partial charge in [-0.3, -0.25) is 19.3 Å². The zero-order valence-electron chi connectivity index (χ0n) is 24.4. The van der Waals surface area contributed by atoms with Gasteiger partial charge in [0, 0.05) is 56.3 Å². The lowest BCUT2D eigenvalue weighted by molar-refractivity contribution is -0.0149. The SMILES string of the molecule is C[C@@H]1CCCCO[C@H](CN(C)C(=O)c2ccncc2)[C@@H](C)CN([C@H](C)CO)C(=O)c2cc(NS(C)(=O)=O)ccc2O1. The van der Waals surface area contributed by atoms with Crippen LogP contribution in [-0.2, 0) is 14.8 Å². The number of rotatable bonds is 7. The molecule has 41 heavy (non-hydrogen) atoms. The number of hydrogen-bond acceptors (Lipinski definition) is 8. The highest BCUT2D eigenvalue weighted by molar-refractivity contribution is 7.92. The summed E-state index contributed by atoms with van der Waals surface area (Å²) in [6, 6.07) is 7.40. The molecule has 1 aliphatic heterocycles. The molecule has 0 aliphatic carbocycles. The summed E-state index contributed by atoms with van der Waals surface area (Å²) in [5.41, 5.74) is 0.947. The highest BCUT2D eigenvalue weighted by Crippen LogP contribution is 2.29. The number of anilines is 1. The number of nitrogens with zero attached hydrogens (tertiary/aromatic N) is 3. The van der Waals surface area contributed by atoms with Crippen LogP contribution in [0.1, 0.15) is 60.7 Å². The van der Waals surface area contributed by atoms with E-state index >= 15 is 0 Å². The van der Waals surface area contributed by atoms with Crippen molar-refractivity contribution in [3.63, 3.8) is 0 Å². The smallest absolute Gasteiger partial charge is 0.258 e. The maximum Gasteiger partial charge on any atom is 0.258 e. The van der Waals surface area contributed by atoms with Crippen LogP contribution >= 0.6 is 0 Å². The summed E-state index contributed by atoms with van der Waals surface area (Å²) in [4.78, 5) is 34.2. The van der Waals surface area contributed by atoms with Gasteiger partial charge in [-0.2, -0.15) is 0 Å². The molecular formula is C29H42N4O7S. The van der Waals surface area contributed by atoms with Crippen molar-refractivity contribution in [3.8, 4) is 5.75 Å². The molecular weight excluding hydrogens is 548 g/mol. The number of fused-ring (bicyclic) bond motifs is 1. The zero-order chi connectivity index (χ0) is 30.2. The van der Waals surface area contributed by atoms with Gasteiger partial charge in [-0.25, -0.2) is 8.42 Å². The second kappa shape index (κ2) is 14.6. The number of aromatic nitrogens is 1. The van der Waals surface area contributed by atoms with E-state index in [9.17, 15) is 23.1 Å². The minimum atomic E-state index is -3.58. The standard InChI is InChI=1S/C29H42N4O7S/c1-20-17-33(21(2)19-34)29(36)25-16-24(31-41(5,37)38)9-10-26(25)40-22(3)8-6-7-15-39-27(20)18-32(4)28(35)23-11-13-30-14-12-23/h9-14,16,20-22,27,31,34H,6-8,15,17-19H2,1-5H3/t20-,21+,22+,27+/m0/s1. The quantitative estimate of drug-likeness (QED) is 0.502. The number of sulfonamides is 1. The molecule has 0 spiro atoms. The lowest BCUT2D eigenvalue weighted by Crippen LogP contribution is -2.48. The molecule has 1 aromatic heterocycles. The van der Waals surface area contributed by atoms with Gasteiger partial charge in [0.15, 0.2) is 0 Å². The Bertz CT molecular complexity index is 1280. The molecule has 1 aromatic carbocycles. The van der Waals surface area contributed by atoms with Crippen molar-refractivity contribution >= 4 is 27.5 Å². The molecule has 226 valence electrons. The van der Waals surface area contributed by atoms with Gasteiger partial charge in [0.25, 0.3) is 11.8 Å². The monoisotopic (exact) mass is 590 g/mol. The Morgan fingerprint density at radius 2 is 1.93 bits per heavy atom. The third kappa shape index (κ3) is 9.40. The molecule has 4 atom stereocenters. The zero-order valence-corrected chi connectivity index (χ0v) is 25.3. The Kier molecular flexibility index (Phi) is 11.5. The fourth-order valence-electron chi connectivity index (χ4n) is 4.73. The second-order valence-corrected chi connectivity index (χ2v) is 12.6. The maximum atomic E-state index is 14.0. The first-order valence-corrected chi connectivity index (χ1v) is 15.8. The van der Waals surface area contributed by atoms with Crippen LogP contribution in [0, 0.1) is 5.92 Å². The Labute approximate surface area is 242 Å². The van der Waals surface area contributed by atoms with Crippen LogP contribution in [0.25, 0.3) is 0 Å². The predicted molar refractivity (Wildman–Crippen MR) is 157 cm³/mol. The molecule has 2 amide bonds. The van der Waals surface area contributed by atoms with Crippen LogP contribution in [0.3, 0.4) is 0 Å². The molecule has 0 fully saturated rings. The van der Waals surface area contributed by atoms with Gasteiger partial charge in [-0.15, -0.1) is 0 Å². The summed E-state index contributed by atoms with van der Waals surface area (Å²) in [7, 11) is -1.86. The molecule has 0 radical (unpaired) electrons. The topological polar surface area (TPSA) is 138 Å². The lowest BCUT2D eigenvalue weighted by atomic mass is 10.0. The van der Waals surface area contributed by atoms with Crippen molar-refractivity contribution in [2.24, 2.45) is 5.92 Å². The van der Waals surface area contributed by atoms with Gasteiger partial charge >= 0.3 is 0 Å². The maximum absolute atomic E-state index is 14.0. The van der Waals surface area contributed by atoms with Crippen molar-refractivity contribution in [2.45, 2.75) is 58.3 Å². The van der Waals surface area contributed by atoms with Gasteiger partial charge in [-0.1, -0.05) is 6.92 Å². The third-order valence-electron chi connectivity index (χ3n) is 7.08. The number of hydrogen-bond donors (Lipinski definition) is 2. The highest BCUT2D eigenvalue weighted by atomic mass is 32.2. The number of ether oxygens (including phenoxy) is 2. The van der Waals surface area contributed by atoms with Gasteiger partial charge in [0.1, 0.15) is 5.75 Å². The van der Waals surface area contributed by atoms with E-state index in [1.807, 2.05) is 13.8 Å². The first-order chi connectivity index (χ1) is 19.4. The molecule has 2 N–H and O–H groups in total. The minimum absolute atomic E-state index is 0.162. The first kappa shape index (κ1) is 32.3. The largest absolute Gasteiger partial charge is 0.490 e. The third-order valence-corrected chi connectivity index (χ3v) is 7.69. The van der Waals surface area contributed by atoms with Gasteiger partial charge in [0.2, 0.25) is 10.0 Å². The molecule has 0 bridgehead atoms. The van der Waals surface area contributed by atoms with Crippen LogP contribution < -0.4 is 9.46 Å². The number of likely N-dealkylation sites (N-methyl/N-ethyl adjacent to an activating group) is 1. The number of aliphatic hydroxyl groups excluding tert-OH is 1. The number of pyridine rings is 1. The molecule has 0 saturated carbocycles. The normalized spacial score (nSPS) is 21.7. The number of nitrogens with one attached hydrogen (secondary N) is 1. The van der Waals surface area contributed by atoms with E-state index in [0.717, 1.165) is 25.5 Å². The number of carbonyl (C=O) groups is 2. The van der Waals surface area contributed by atoms with Crippen molar-refractivity contribution in [1.82, 2.24) is 14.8 Å². The average molecular weight is 591 g/mol. The molecule has 0 saturated heterocycles. The first-order valence-electron chi connectivity index (χ1n) is 13.9. The number of aliphatic hydroxyl groups is 1. The van der Waals surface area contributed by atoms with Gasteiger partial charge < -0.3 is 24.4 Å². The summed E-state index contributed by atoms with van der Waals surface area (Å²) in [6.45, 7) is 6.34. The Morgan fingerprint density at radius 1 is 1.22 bits per heavy atom. The van der Waals surface area contributed by atoms with Crippen molar-refractivity contribution in [2.75, 3.05) is 44.3 Å². The Hall–Kier alpha value is -3.22. The molecule has 1 aliphatic rings. The van der Waals surface area contributed by atoms with Crippen LogP contribution in [0.4, 0.5) is 5.69 Å². The molecule has 2 heterocycles. The Morgan fingerprint density at radius 3 is 2.59 bits per heavy atom. The molecule has 3 rings (SSSR count). The summed E-state index contributed by atoms with van der Waals surface area (Å²) < 4.78 is 38.7. The predicted octanol–water partition coefficient (Wildman–Crippen LogP) is 3.02. The number of amides is 2. The second-order valence-electron chi connectivity index (χ2n) is 10.8. The molecule has 2 aromatic rings. The van der Waals surface area contributed by atoms with Gasteiger partial charge in [0.05, 0.1) is 36.7 Å². The van der Waals surface area contributed by atoms with E-state index in [4.69, 9.17) is 9.47 Å². The molecule has 11 nitrogen and oxygen atoms in total. The van der Waals surface area contributed by atoms with Crippen molar-refractivity contribution in [1.29, 1.82) is 0 Å². The van der Waals surface area contributed by atoms with E-state index in [-0.39, 0.29) is 48.4 Å². The van der Waals surface area contributed by atoms with E-state index in [2.05, 4.69) is 9.71 Å². The van der Waals surface area contributed by atoms with Crippen LogP contribution in [0.15, 0.2) is 42.7 Å². The summed E-state index contributed by atoms with van der Waals surface area (Å²) in [6.07, 6.45) is 5.93. The van der Waals surface area contributed by atoms with Crippen LogP contribution in [-0.4, -0.2) is 98.0 Å². The van der Waals surface area contributed by atoms with Crippen LogP contribution in [0.2, 0.25) is 0 Å². The summed E-state index contributed by atoms with van der Waals surface area (Å²) >= 11 is 0. The fraction of sp³-hybridized carbons (Fsp3) is 0.552. The van der Waals surface area contributed by atoms with E-state index in [0.29, 0.717) is 24.5 Å². The van der Waals surface area contributed by atoms with Crippen molar-refractivity contribution in [3.05, 3.63) is 53.9 Å². The average Bonchev–Trinajstić information content (AvgIpc) is 2.93. The number of carbonyl (C=O) groups excluding carboxylic acids is 2. The van der Waals surface area contributed by atoms with Crippen molar-refractivity contribution < 1.29 is 32.6 Å². The molecule has 0 unspecified atom stereocenters. The lowest BCUT2D eigenvalue weighted by Gasteiger charge is -2.36. The van der Waals surface area contributed by atoms with E-state index in [1.165, 1.54) is 6.07 Å². The highest BCUT2D eigenvalue weighted by Gasteiger charge is 2.31. The number of benzene rings is 1. The molecule has 12 heteroatoms. The summed E-state index contributed by atoms with van der Waals surface area (Å²) in [5.74, 6) is -0.444. The van der Waals surface area contributed by atoms with E-state index < -0.39 is 22.0 Å². The Balaban J connectivity index is 1.95. The summed E-state index contributed by atoms with van der Waals surface area (Å²) in [5, 5.41) is 10.1. The van der Waals surface area contributed by atoms with E-state index in [1.54, 1.807) is 60.4 Å².